The monoisotopic (exact) mass is 434 g/mol. The standard InChI is InChI=1S/C24H51O4P/c1-10-16-22(19(7)13-4)26-29(25,27-23(17-11-2)20(8)14-5)28-24(18-12-3)21(9)15-6/h19-24H,10-18H2,1-9H3. The molecule has 0 heterocycles. The van der Waals surface area contributed by atoms with E-state index >= 15 is 0 Å². The summed E-state index contributed by atoms with van der Waals surface area (Å²) in [5.41, 5.74) is 0. The van der Waals surface area contributed by atoms with Crippen molar-refractivity contribution in [2.45, 2.75) is 138 Å². The molecule has 5 heteroatoms. The third-order valence-electron chi connectivity index (χ3n) is 6.35. The van der Waals surface area contributed by atoms with E-state index in [9.17, 15) is 4.57 Å². The smallest absolute Gasteiger partial charge is 0.283 e. The summed E-state index contributed by atoms with van der Waals surface area (Å²) in [4.78, 5) is 0. The molecule has 0 bridgehead atoms. The second-order valence-electron chi connectivity index (χ2n) is 8.90. The van der Waals surface area contributed by atoms with E-state index in [1.807, 2.05) is 0 Å². The number of hydrogen-bond donors (Lipinski definition) is 0. The maximum atomic E-state index is 14.1. The van der Waals surface area contributed by atoms with E-state index in [0.717, 1.165) is 57.8 Å². The highest BCUT2D eigenvalue weighted by Crippen LogP contribution is 2.56. The van der Waals surface area contributed by atoms with E-state index in [1.165, 1.54) is 0 Å². The fourth-order valence-corrected chi connectivity index (χ4v) is 5.62. The first-order valence-corrected chi connectivity index (χ1v) is 13.8. The third-order valence-corrected chi connectivity index (χ3v) is 7.94. The lowest BCUT2D eigenvalue weighted by Crippen LogP contribution is -2.29. The number of rotatable bonds is 18. The maximum absolute atomic E-state index is 14.1. The zero-order valence-electron chi connectivity index (χ0n) is 20.9. The predicted molar refractivity (Wildman–Crippen MR) is 125 cm³/mol. The number of phosphoric acid groups is 1. The SMILES string of the molecule is CCCC(OP(=O)(OC(CCC)C(C)CC)OC(CCC)C(C)CC)C(C)CC. The Hall–Kier alpha value is 0.110. The zero-order valence-corrected chi connectivity index (χ0v) is 21.8. The molecule has 6 atom stereocenters. The van der Waals surface area contributed by atoms with Crippen molar-refractivity contribution in [3.63, 3.8) is 0 Å². The quantitative estimate of drug-likeness (QED) is 0.202. The molecule has 0 aliphatic rings. The predicted octanol–water partition coefficient (Wildman–Crippen LogP) is 8.79. The van der Waals surface area contributed by atoms with Gasteiger partial charge < -0.3 is 0 Å². The molecule has 0 aromatic carbocycles. The van der Waals surface area contributed by atoms with Crippen LogP contribution in [-0.4, -0.2) is 18.3 Å². The molecular weight excluding hydrogens is 383 g/mol. The molecule has 4 nitrogen and oxygen atoms in total. The van der Waals surface area contributed by atoms with E-state index in [1.54, 1.807) is 0 Å². The Kier molecular flexibility index (Phi) is 15.9. The van der Waals surface area contributed by atoms with Crippen molar-refractivity contribution in [2.75, 3.05) is 0 Å². The fraction of sp³-hybridized carbons (Fsp3) is 1.00. The van der Waals surface area contributed by atoms with Crippen molar-refractivity contribution in [2.24, 2.45) is 17.8 Å². The van der Waals surface area contributed by atoms with E-state index in [2.05, 4.69) is 62.3 Å². The van der Waals surface area contributed by atoms with Gasteiger partial charge in [0.1, 0.15) is 0 Å². The summed E-state index contributed by atoms with van der Waals surface area (Å²) in [7, 11) is -3.68. The van der Waals surface area contributed by atoms with Gasteiger partial charge in [-0.1, -0.05) is 101 Å². The van der Waals surface area contributed by atoms with Crippen LogP contribution in [0.1, 0.15) is 120 Å². The molecule has 0 amide bonds. The van der Waals surface area contributed by atoms with Crippen LogP contribution in [0.15, 0.2) is 0 Å². The molecule has 6 unspecified atom stereocenters. The van der Waals surface area contributed by atoms with Crippen LogP contribution in [0.25, 0.3) is 0 Å². The lowest BCUT2D eigenvalue weighted by molar-refractivity contribution is -0.0121. The van der Waals surface area contributed by atoms with E-state index in [-0.39, 0.29) is 18.3 Å². The first-order chi connectivity index (χ1) is 13.7. The minimum Gasteiger partial charge on any atom is -0.283 e. The van der Waals surface area contributed by atoms with Crippen molar-refractivity contribution >= 4 is 7.82 Å². The van der Waals surface area contributed by atoms with Crippen LogP contribution in [0, 0.1) is 17.8 Å². The summed E-state index contributed by atoms with van der Waals surface area (Å²) < 4.78 is 32.9. The fourth-order valence-electron chi connectivity index (χ4n) is 3.54. The first-order valence-electron chi connectivity index (χ1n) is 12.4. The molecule has 0 saturated heterocycles. The minimum atomic E-state index is -3.68. The molecule has 0 radical (unpaired) electrons. The molecule has 0 saturated carbocycles. The van der Waals surface area contributed by atoms with Gasteiger partial charge in [-0.2, -0.15) is 0 Å². The van der Waals surface area contributed by atoms with Crippen molar-refractivity contribution in [1.29, 1.82) is 0 Å². The summed E-state index contributed by atoms with van der Waals surface area (Å²) in [6, 6.07) is 0. The molecule has 0 rings (SSSR count). The van der Waals surface area contributed by atoms with Crippen LogP contribution in [0.3, 0.4) is 0 Å². The molecule has 29 heavy (non-hydrogen) atoms. The molecule has 0 N–H and O–H groups in total. The van der Waals surface area contributed by atoms with Crippen molar-refractivity contribution in [3.05, 3.63) is 0 Å². The summed E-state index contributed by atoms with van der Waals surface area (Å²) in [6.07, 6.45) is 8.22. The minimum absolute atomic E-state index is 0.103. The summed E-state index contributed by atoms with van der Waals surface area (Å²) in [5.74, 6) is 0.950. The van der Waals surface area contributed by atoms with Gasteiger partial charge in [-0.05, 0) is 37.0 Å². The van der Waals surface area contributed by atoms with E-state index < -0.39 is 7.82 Å². The second kappa shape index (κ2) is 15.8. The molecule has 0 aliphatic heterocycles. The Morgan fingerprint density at radius 1 is 0.552 bits per heavy atom. The van der Waals surface area contributed by atoms with Gasteiger partial charge in [0.2, 0.25) is 0 Å². The van der Waals surface area contributed by atoms with Crippen molar-refractivity contribution in [3.8, 4) is 0 Å². The number of hydrogen-bond acceptors (Lipinski definition) is 4. The average Bonchev–Trinajstić information content (AvgIpc) is 2.70. The maximum Gasteiger partial charge on any atom is 0.475 e. The van der Waals surface area contributed by atoms with Gasteiger partial charge in [-0.15, -0.1) is 0 Å². The molecule has 0 aromatic heterocycles. The number of phosphoric ester groups is 1. The molecule has 0 fully saturated rings. The van der Waals surface area contributed by atoms with Gasteiger partial charge in [-0.3, -0.25) is 13.6 Å². The van der Waals surface area contributed by atoms with E-state index in [4.69, 9.17) is 13.6 Å². The Bertz CT molecular complexity index is 381. The summed E-state index contributed by atoms with van der Waals surface area (Å²) in [5, 5.41) is 0. The summed E-state index contributed by atoms with van der Waals surface area (Å²) in [6.45, 7) is 19.4. The van der Waals surface area contributed by atoms with Crippen LogP contribution >= 0.6 is 7.82 Å². The van der Waals surface area contributed by atoms with Gasteiger partial charge in [0.05, 0.1) is 18.3 Å². The van der Waals surface area contributed by atoms with Gasteiger partial charge in [-0.25, -0.2) is 4.57 Å². The Balaban J connectivity index is 5.81. The van der Waals surface area contributed by atoms with Gasteiger partial charge in [0, 0.05) is 0 Å². The van der Waals surface area contributed by atoms with Crippen LogP contribution in [0.2, 0.25) is 0 Å². The summed E-state index contributed by atoms with van der Waals surface area (Å²) >= 11 is 0. The highest BCUT2D eigenvalue weighted by atomic mass is 31.2. The molecule has 0 spiro atoms. The van der Waals surface area contributed by atoms with Crippen LogP contribution in [0.4, 0.5) is 0 Å². The zero-order chi connectivity index (χ0) is 22.4. The van der Waals surface area contributed by atoms with Crippen LogP contribution in [-0.2, 0) is 18.1 Å². The normalized spacial score (nSPS) is 20.4. The first kappa shape index (κ1) is 29.1. The highest BCUT2D eigenvalue weighted by molar-refractivity contribution is 7.48. The van der Waals surface area contributed by atoms with Crippen LogP contribution < -0.4 is 0 Å². The third kappa shape index (κ3) is 10.8. The largest absolute Gasteiger partial charge is 0.475 e. The van der Waals surface area contributed by atoms with Crippen molar-refractivity contribution in [1.82, 2.24) is 0 Å². The van der Waals surface area contributed by atoms with Gasteiger partial charge in [0.15, 0.2) is 0 Å². The second-order valence-corrected chi connectivity index (χ2v) is 10.4. The van der Waals surface area contributed by atoms with E-state index in [0.29, 0.717) is 17.8 Å². The Morgan fingerprint density at radius 2 is 0.793 bits per heavy atom. The Labute approximate surface area is 182 Å². The van der Waals surface area contributed by atoms with Crippen LogP contribution in [0.5, 0.6) is 0 Å². The molecule has 0 aliphatic carbocycles. The highest BCUT2D eigenvalue weighted by Gasteiger charge is 2.39. The molecule has 0 aromatic rings. The lowest BCUT2D eigenvalue weighted by Gasteiger charge is -2.34. The lowest BCUT2D eigenvalue weighted by atomic mass is 9.98. The Morgan fingerprint density at radius 3 is 0.966 bits per heavy atom. The average molecular weight is 435 g/mol. The van der Waals surface area contributed by atoms with Gasteiger partial charge >= 0.3 is 7.82 Å². The van der Waals surface area contributed by atoms with Crippen molar-refractivity contribution < 1.29 is 18.1 Å². The molecular formula is C24H51O4P. The van der Waals surface area contributed by atoms with Gasteiger partial charge in [0.25, 0.3) is 0 Å². The topological polar surface area (TPSA) is 44.8 Å². The molecule has 176 valence electrons.